The van der Waals surface area contributed by atoms with Crippen LogP contribution in [0.4, 0.5) is 0 Å². The van der Waals surface area contributed by atoms with Crippen LogP contribution in [0.1, 0.15) is 19.3 Å². The van der Waals surface area contributed by atoms with Crippen LogP contribution in [0.3, 0.4) is 0 Å². The van der Waals surface area contributed by atoms with Crippen LogP contribution < -0.4 is 0 Å². The highest BCUT2D eigenvalue weighted by atomic mass is 16.7. The first kappa shape index (κ1) is 23.3. The molecular weight excluding hydrogens is 420 g/mol. The van der Waals surface area contributed by atoms with E-state index >= 15 is 0 Å². The molecule has 4 fully saturated rings. The Bertz CT molecular complexity index is 822. The van der Waals surface area contributed by atoms with Crippen LogP contribution in [0.15, 0.2) is 36.5 Å². The first-order chi connectivity index (χ1) is 15.1. The number of carbonyl (C=O) groups excluding carboxylic acids is 2. The average molecular weight is 450 g/mol. The molecule has 1 saturated heterocycles. The number of hydrogen-bond acceptors (Lipinski definition) is 9. The maximum absolute atomic E-state index is 12.6. The first-order valence-electron chi connectivity index (χ1n) is 10.8. The molecule has 0 radical (unpaired) electrons. The van der Waals surface area contributed by atoms with Crippen molar-refractivity contribution in [2.75, 3.05) is 6.61 Å². The van der Waals surface area contributed by atoms with Crippen molar-refractivity contribution in [2.24, 2.45) is 23.7 Å². The van der Waals surface area contributed by atoms with Gasteiger partial charge >= 0.3 is 0 Å². The second-order valence-corrected chi connectivity index (χ2v) is 9.28. The van der Waals surface area contributed by atoms with Gasteiger partial charge in [0.25, 0.3) is 6.47 Å². The number of aliphatic hydroxyl groups is 4. The quantitative estimate of drug-likeness (QED) is 0.251. The van der Waals surface area contributed by atoms with Gasteiger partial charge in [-0.3, -0.25) is 9.59 Å². The second kappa shape index (κ2) is 8.81. The normalized spacial score (nSPS) is 46.6. The molecule has 0 unspecified atom stereocenters. The summed E-state index contributed by atoms with van der Waals surface area (Å²) >= 11 is 0. The lowest BCUT2D eigenvalue weighted by molar-refractivity contribution is -0.314. The van der Waals surface area contributed by atoms with Crippen LogP contribution in [-0.2, 0) is 23.8 Å². The molecule has 4 N–H and O–H groups in total. The SMILES string of the molecule is C=C1C(=O)C[C@@H]2[C@H]3C(=C)[C@@H](O)C[C@H]3C(=C)C[C@H](O[C@@H]3O[C@H](COC=O)[C@@H](O)[C@H](O)[C@H]3O)[C@@H]12. The lowest BCUT2D eigenvalue weighted by Gasteiger charge is -2.42. The van der Waals surface area contributed by atoms with E-state index in [2.05, 4.69) is 24.5 Å². The Labute approximate surface area is 186 Å². The molecule has 0 amide bonds. The van der Waals surface area contributed by atoms with Crippen LogP contribution >= 0.6 is 0 Å². The molecule has 1 aliphatic heterocycles. The smallest absolute Gasteiger partial charge is 0.293 e. The fraction of sp³-hybridized carbons (Fsp3) is 0.652. The van der Waals surface area contributed by atoms with E-state index in [0.29, 0.717) is 24.0 Å². The second-order valence-electron chi connectivity index (χ2n) is 9.28. The van der Waals surface area contributed by atoms with Gasteiger partial charge in [0, 0.05) is 12.3 Å². The zero-order valence-corrected chi connectivity index (χ0v) is 17.7. The van der Waals surface area contributed by atoms with Crippen molar-refractivity contribution in [1.82, 2.24) is 0 Å². The first-order valence-corrected chi connectivity index (χ1v) is 10.8. The lowest BCUT2D eigenvalue weighted by Crippen LogP contribution is -2.60. The minimum Gasteiger partial charge on any atom is -0.465 e. The highest BCUT2D eigenvalue weighted by molar-refractivity contribution is 5.98. The number of ether oxygens (including phenoxy) is 3. The summed E-state index contributed by atoms with van der Waals surface area (Å²) in [5, 5.41) is 41.3. The maximum Gasteiger partial charge on any atom is 0.293 e. The number of carbonyl (C=O) groups is 2. The molecule has 0 aromatic rings. The van der Waals surface area contributed by atoms with Crippen LogP contribution in [0.5, 0.6) is 0 Å². The van der Waals surface area contributed by atoms with Gasteiger partial charge in [-0.2, -0.15) is 0 Å². The molecule has 9 heteroatoms. The fourth-order valence-corrected chi connectivity index (χ4v) is 5.92. The molecule has 176 valence electrons. The van der Waals surface area contributed by atoms with Crippen molar-refractivity contribution in [2.45, 2.75) is 62.2 Å². The standard InChI is InChI=1S/C23H30O9/c1-9-4-16(31-23-22(29)21(28)20(27)17(32-23)7-30-8-24)19-11(3)15(26)6-13(19)18-10(2)14(25)5-12(9)18/h8,12-14,16-23,25,27-29H,1-7H2/t12-,13+,14-,16-,17+,18-,19-,20+,21-,22+,23+/m0/s1. The predicted octanol–water partition coefficient (Wildman–Crippen LogP) is -0.373. The van der Waals surface area contributed by atoms with Crippen molar-refractivity contribution in [3.8, 4) is 0 Å². The Balaban J connectivity index is 1.60. The molecule has 0 aromatic carbocycles. The van der Waals surface area contributed by atoms with Crippen LogP contribution in [-0.4, -0.2) is 82.2 Å². The highest BCUT2D eigenvalue weighted by Gasteiger charge is 2.55. The topological polar surface area (TPSA) is 143 Å². The van der Waals surface area contributed by atoms with E-state index in [1.807, 2.05) is 0 Å². The van der Waals surface area contributed by atoms with E-state index < -0.39 is 48.8 Å². The Morgan fingerprint density at radius 1 is 1.03 bits per heavy atom. The monoisotopic (exact) mass is 450 g/mol. The fourth-order valence-electron chi connectivity index (χ4n) is 5.92. The number of fused-ring (bicyclic) bond motifs is 3. The van der Waals surface area contributed by atoms with E-state index in [9.17, 15) is 30.0 Å². The zero-order chi connectivity index (χ0) is 23.3. The third-order valence-electron chi connectivity index (χ3n) is 7.57. The predicted molar refractivity (Wildman–Crippen MR) is 110 cm³/mol. The zero-order valence-electron chi connectivity index (χ0n) is 17.7. The summed E-state index contributed by atoms with van der Waals surface area (Å²) in [4.78, 5) is 23.1. The summed E-state index contributed by atoms with van der Waals surface area (Å²) in [7, 11) is 0. The Hall–Kier alpha value is -1.88. The molecule has 4 rings (SSSR count). The molecule has 0 spiro atoms. The molecule has 9 nitrogen and oxygen atoms in total. The van der Waals surface area contributed by atoms with Crippen molar-refractivity contribution >= 4 is 12.3 Å². The van der Waals surface area contributed by atoms with Gasteiger partial charge in [-0.15, -0.1) is 0 Å². The van der Waals surface area contributed by atoms with Crippen molar-refractivity contribution in [3.05, 3.63) is 36.5 Å². The van der Waals surface area contributed by atoms with E-state index in [0.717, 1.165) is 5.57 Å². The Kier molecular flexibility index (Phi) is 6.41. The van der Waals surface area contributed by atoms with Gasteiger partial charge in [0.1, 0.15) is 31.0 Å². The minimum atomic E-state index is -1.58. The van der Waals surface area contributed by atoms with E-state index in [1.54, 1.807) is 0 Å². The number of hydrogen-bond donors (Lipinski definition) is 4. The Morgan fingerprint density at radius 3 is 2.44 bits per heavy atom. The van der Waals surface area contributed by atoms with Gasteiger partial charge in [-0.1, -0.05) is 25.3 Å². The number of ketones is 1. The van der Waals surface area contributed by atoms with Crippen molar-refractivity contribution in [3.63, 3.8) is 0 Å². The van der Waals surface area contributed by atoms with Crippen molar-refractivity contribution in [1.29, 1.82) is 0 Å². The van der Waals surface area contributed by atoms with E-state index in [4.69, 9.17) is 9.47 Å². The third kappa shape index (κ3) is 3.76. The van der Waals surface area contributed by atoms with E-state index in [1.165, 1.54) is 0 Å². The van der Waals surface area contributed by atoms with Crippen LogP contribution in [0.2, 0.25) is 0 Å². The molecule has 32 heavy (non-hydrogen) atoms. The molecule has 0 aromatic heterocycles. The van der Waals surface area contributed by atoms with Gasteiger partial charge in [-0.25, -0.2) is 0 Å². The molecule has 0 bridgehead atoms. The summed E-state index contributed by atoms with van der Waals surface area (Å²) in [5.74, 6) is -0.833. The van der Waals surface area contributed by atoms with E-state index in [-0.39, 0.29) is 43.0 Å². The molecular formula is C23H30O9. The summed E-state index contributed by atoms with van der Waals surface area (Å²) < 4.78 is 16.4. The number of Topliss-reactive ketones (excluding diaryl/α,β-unsaturated/α-hetero) is 1. The van der Waals surface area contributed by atoms with Gasteiger partial charge in [0.2, 0.25) is 0 Å². The highest BCUT2D eigenvalue weighted by Crippen LogP contribution is 2.56. The minimum absolute atomic E-state index is 0.0457. The van der Waals surface area contributed by atoms with Gasteiger partial charge < -0.3 is 34.6 Å². The van der Waals surface area contributed by atoms with Crippen LogP contribution in [0, 0.1) is 23.7 Å². The number of aliphatic hydroxyl groups excluding tert-OH is 4. The molecule has 1 heterocycles. The van der Waals surface area contributed by atoms with Gasteiger partial charge in [0.15, 0.2) is 12.1 Å². The summed E-state index contributed by atoms with van der Waals surface area (Å²) in [6.45, 7) is 12.1. The molecule has 11 atom stereocenters. The summed E-state index contributed by atoms with van der Waals surface area (Å²) in [5.41, 5.74) is 1.95. The van der Waals surface area contributed by atoms with Crippen molar-refractivity contribution < 1.29 is 44.2 Å². The van der Waals surface area contributed by atoms with Gasteiger partial charge in [-0.05, 0) is 41.7 Å². The summed E-state index contributed by atoms with van der Waals surface area (Å²) in [6, 6.07) is 0. The maximum atomic E-state index is 12.6. The lowest BCUT2D eigenvalue weighted by atomic mass is 9.76. The molecule has 4 aliphatic rings. The van der Waals surface area contributed by atoms with Crippen LogP contribution in [0.25, 0.3) is 0 Å². The van der Waals surface area contributed by atoms with Gasteiger partial charge in [0.05, 0.1) is 12.2 Å². The average Bonchev–Trinajstić information content (AvgIpc) is 3.18. The molecule has 3 saturated carbocycles. The third-order valence-corrected chi connectivity index (χ3v) is 7.57. The Morgan fingerprint density at radius 2 is 1.75 bits per heavy atom. The molecule has 3 aliphatic carbocycles. The largest absolute Gasteiger partial charge is 0.465 e. The summed E-state index contributed by atoms with van der Waals surface area (Å²) in [6.07, 6.45) is -7.25. The number of rotatable bonds is 5.